The van der Waals surface area contributed by atoms with Crippen LogP contribution in [-0.4, -0.2) is 54.4 Å². The number of sulfone groups is 1. The molecule has 1 rings (SSSR count). The Morgan fingerprint density at radius 1 is 1.15 bits per heavy atom. The number of benzene rings is 1. The van der Waals surface area contributed by atoms with Gasteiger partial charge in [-0.3, -0.25) is 0 Å². The van der Waals surface area contributed by atoms with Crippen LogP contribution in [0.25, 0.3) is 0 Å². The molecule has 0 aliphatic carbocycles. The molecule has 0 aliphatic heterocycles. The third-order valence-electron chi connectivity index (χ3n) is 3.57. The van der Waals surface area contributed by atoms with Gasteiger partial charge in [0.2, 0.25) is 10.0 Å². The van der Waals surface area contributed by atoms with Crippen molar-refractivity contribution in [3.63, 3.8) is 0 Å². The molecule has 1 aromatic carbocycles. The fourth-order valence-electron chi connectivity index (χ4n) is 2.08. The van der Waals surface area contributed by atoms with Crippen LogP contribution < -0.4 is 15.4 Å². The predicted molar refractivity (Wildman–Crippen MR) is 104 cm³/mol. The third-order valence-corrected chi connectivity index (χ3v) is 5.98. The lowest BCUT2D eigenvalue weighted by molar-refractivity contribution is 0.581. The predicted octanol–water partition coefficient (Wildman–Crippen LogP) is 0.473. The number of rotatable bonds is 9. The van der Waals surface area contributed by atoms with Gasteiger partial charge < -0.3 is 10.6 Å². The minimum Gasteiger partial charge on any atom is -0.357 e. The molecule has 0 radical (unpaired) electrons. The van der Waals surface area contributed by atoms with Crippen LogP contribution in [0.3, 0.4) is 0 Å². The Labute approximate surface area is 156 Å². The van der Waals surface area contributed by atoms with E-state index in [9.17, 15) is 16.8 Å². The first kappa shape index (κ1) is 22.4. The van der Waals surface area contributed by atoms with Gasteiger partial charge in [-0.05, 0) is 45.0 Å². The maximum absolute atomic E-state index is 11.7. The van der Waals surface area contributed by atoms with E-state index in [1.165, 1.54) is 25.4 Å². The summed E-state index contributed by atoms with van der Waals surface area (Å²) in [4.78, 5) is 4.66. The minimum atomic E-state index is -3.45. The van der Waals surface area contributed by atoms with Gasteiger partial charge in [-0.1, -0.05) is 12.1 Å². The van der Waals surface area contributed by atoms with E-state index in [0.29, 0.717) is 25.5 Å². The zero-order valence-corrected chi connectivity index (χ0v) is 17.2. The first-order chi connectivity index (χ1) is 12.1. The number of hydrogen-bond donors (Lipinski definition) is 3. The lowest BCUT2D eigenvalue weighted by Crippen LogP contribution is -2.42. The van der Waals surface area contributed by atoms with Crippen LogP contribution in [0, 0.1) is 0 Å². The fraction of sp³-hybridized carbons (Fsp3) is 0.562. The molecule has 1 unspecified atom stereocenters. The van der Waals surface area contributed by atoms with Crippen LogP contribution in [0.15, 0.2) is 34.2 Å². The van der Waals surface area contributed by atoms with Gasteiger partial charge in [-0.25, -0.2) is 26.6 Å². The van der Waals surface area contributed by atoms with Crippen molar-refractivity contribution in [3.05, 3.63) is 29.8 Å². The van der Waals surface area contributed by atoms with E-state index in [-0.39, 0.29) is 16.7 Å². The molecule has 10 heteroatoms. The number of aliphatic imine (C=N–C) groups is 1. The van der Waals surface area contributed by atoms with Crippen molar-refractivity contribution in [2.45, 2.75) is 37.8 Å². The van der Waals surface area contributed by atoms with Gasteiger partial charge in [0.05, 0.1) is 17.2 Å². The maximum Gasteiger partial charge on any atom is 0.240 e. The minimum absolute atomic E-state index is 0.0503. The van der Waals surface area contributed by atoms with E-state index in [1.807, 2.05) is 13.8 Å². The normalized spacial score (nSPS) is 14.1. The summed E-state index contributed by atoms with van der Waals surface area (Å²) < 4.78 is 48.2. The lowest BCUT2D eigenvalue weighted by Gasteiger charge is -2.17. The van der Waals surface area contributed by atoms with Crippen molar-refractivity contribution in [3.8, 4) is 0 Å². The average molecular weight is 405 g/mol. The van der Waals surface area contributed by atoms with Gasteiger partial charge in [0.15, 0.2) is 5.96 Å². The van der Waals surface area contributed by atoms with Gasteiger partial charge in [0, 0.05) is 18.8 Å². The summed E-state index contributed by atoms with van der Waals surface area (Å²) >= 11 is 0. The summed E-state index contributed by atoms with van der Waals surface area (Å²) in [6, 6.07) is 6.44. The Bertz CT molecular complexity index is 803. The number of hydrogen-bond acceptors (Lipinski definition) is 5. The van der Waals surface area contributed by atoms with E-state index < -0.39 is 19.9 Å². The topological polar surface area (TPSA) is 117 Å². The highest BCUT2D eigenvalue weighted by molar-refractivity contribution is 7.90. The molecule has 0 bridgehead atoms. The summed E-state index contributed by atoms with van der Waals surface area (Å²) in [6.45, 7) is 4.88. The number of nitrogens with zero attached hydrogens (tertiary/aromatic N) is 1. The van der Waals surface area contributed by atoms with Crippen LogP contribution in [0.4, 0.5) is 0 Å². The molecule has 0 aliphatic rings. The zero-order chi connectivity index (χ0) is 19.8. The Morgan fingerprint density at radius 3 is 2.27 bits per heavy atom. The Morgan fingerprint density at radius 2 is 1.77 bits per heavy atom. The first-order valence-corrected chi connectivity index (χ1v) is 11.9. The third kappa shape index (κ3) is 8.15. The first-order valence-electron chi connectivity index (χ1n) is 8.32. The molecule has 0 aromatic heterocycles. The lowest BCUT2D eigenvalue weighted by atomic mass is 10.2. The molecule has 3 N–H and O–H groups in total. The highest BCUT2D eigenvalue weighted by atomic mass is 32.2. The second-order valence-corrected chi connectivity index (χ2v) is 10.2. The average Bonchev–Trinajstić information content (AvgIpc) is 2.58. The molecule has 26 heavy (non-hydrogen) atoms. The van der Waals surface area contributed by atoms with Gasteiger partial charge >= 0.3 is 0 Å². The van der Waals surface area contributed by atoms with E-state index in [0.717, 1.165) is 5.56 Å². The highest BCUT2D eigenvalue weighted by Crippen LogP contribution is 2.10. The number of sulfonamides is 1. The van der Waals surface area contributed by atoms with Crippen LogP contribution in [0.2, 0.25) is 0 Å². The number of nitrogens with one attached hydrogen (secondary N) is 3. The highest BCUT2D eigenvalue weighted by Gasteiger charge is 2.11. The van der Waals surface area contributed by atoms with Crippen LogP contribution >= 0.6 is 0 Å². The van der Waals surface area contributed by atoms with E-state index in [2.05, 4.69) is 20.3 Å². The summed E-state index contributed by atoms with van der Waals surface area (Å²) in [5, 5.41) is 6.28. The van der Waals surface area contributed by atoms with E-state index in [1.54, 1.807) is 12.1 Å². The Hall–Kier alpha value is -1.65. The van der Waals surface area contributed by atoms with Gasteiger partial charge in [0.25, 0.3) is 0 Å². The van der Waals surface area contributed by atoms with Crippen LogP contribution in [0.1, 0.15) is 25.8 Å². The van der Waals surface area contributed by atoms with E-state index in [4.69, 9.17) is 0 Å². The summed E-state index contributed by atoms with van der Waals surface area (Å²) in [6.07, 6.45) is 1.71. The van der Waals surface area contributed by atoms with Crippen molar-refractivity contribution in [2.75, 3.05) is 25.6 Å². The van der Waals surface area contributed by atoms with Crippen molar-refractivity contribution in [1.29, 1.82) is 0 Å². The molecule has 1 aromatic rings. The summed E-state index contributed by atoms with van der Waals surface area (Å²) in [5.74, 6) is 0.697. The fourth-order valence-corrected chi connectivity index (χ4v) is 3.59. The standard InChI is InChI=1S/C16H28N4O4S2/c1-5-18-16(20-13(2)10-11-25(4,21)22)19-12-14-6-8-15(9-7-14)26(23,24)17-3/h6-9,13,17H,5,10-12H2,1-4H3,(H2,18,19,20). The molecule has 0 amide bonds. The maximum atomic E-state index is 11.7. The molecule has 8 nitrogen and oxygen atoms in total. The Balaban J connectivity index is 2.74. The van der Waals surface area contributed by atoms with E-state index >= 15 is 0 Å². The second-order valence-electron chi connectivity index (χ2n) is 6.01. The molecule has 0 saturated carbocycles. The SMILES string of the molecule is CCNC(=NCc1ccc(S(=O)(=O)NC)cc1)NC(C)CCS(C)(=O)=O. The van der Waals surface area contributed by atoms with Gasteiger partial charge in [-0.2, -0.15) is 0 Å². The van der Waals surface area contributed by atoms with Gasteiger partial charge in [-0.15, -0.1) is 0 Å². The summed E-state index contributed by atoms with van der Waals surface area (Å²) in [7, 11) is -5.08. The van der Waals surface area contributed by atoms with Crippen molar-refractivity contribution >= 4 is 25.8 Å². The molecule has 148 valence electrons. The van der Waals surface area contributed by atoms with Crippen LogP contribution in [-0.2, 0) is 26.4 Å². The van der Waals surface area contributed by atoms with Crippen molar-refractivity contribution in [2.24, 2.45) is 4.99 Å². The molecule has 0 heterocycles. The molecule has 0 saturated heterocycles. The van der Waals surface area contributed by atoms with Crippen molar-refractivity contribution in [1.82, 2.24) is 15.4 Å². The Kier molecular flexibility index (Phi) is 8.51. The molecular formula is C16H28N4O4S2. The summed E-state index contributed by atoms with van der Waals surface area (Å²) in [5.41, 5.74) is 0.862. The zero-order valence-electron chi connectivity index (χ0n) is 15.6. The molecule has 1 atom stereocenters. The molecular weight excluding hydrogens is 376 g/mol. The number of guanidine groups is 1. The van der Waals surface area contributed by atoms with Gasteiger partial charge in [0.1, 0.15) is 9.84 Å². The molecule has 0 spiro atoms. The quantitative estimate of drug-likeness (QED) is 0.407. The molecule has 0 fully saturated rings. The monoisotopic (exact) mass is 404 g/mol. The van der Waals surface area contributed by atoms with Crippen molar-refractivity contribution < 1.29 is 16.8 Å². The van der Waals surface area contributed by atoms with Crippen LogP contribution in [0.5, 0.6) is 0 Å². The second kappa shape index (κ2) is 9.89. The smallest absolute Gasteiger partial charge is 0.240 e. The largest absolute Gasteiger partial charge is 0.357 e.